The van der Waals surface area contributed by atoms with Gasteiger partial charge in [0.2, 0.25) is 0 Å². The van der Waals surface area contributed by atoms with Crippen LogP contribution in [-0.2, 0) is 0 Å². The average Bonchev–Trinajstić information content (AvgIpc) is 2.28. The topological polar surface area (TPSA) is 80.4 Å². The molecule has 1 aromatic rings. The van der Waals surface area contributed by atoms with Crippen molar-refractivity contribution in [1.82, 2.24) is 4.98 Å². The van der Waals surface area contributed by atoms with Gasteiger partial charge in [-0.1, -0.05) is 11.6 Å². The standard InChI is InChI=1S/C10H12ClN3O2/c11-9-5-8(7-12)6-10(13-9)14(1-3-15)2-4-16/h5-6,15-16H,1-4H2. The second-order valence-corrected chi connectivity index (χ2v) is 3.47. The normalized spacial score (nSPS) is 9.88. The van der Waals surface area contributed by atoms with Crippen molar-refractivity contribution < 1.29 is 10.2 Å². The van der Waals surface area contributed by atoms with Crippen molar-refractivity contribution >= 4 is 17.4 Å². The molecule has 0 fully saturated rings. The molecule has 0 saturated carbocycles. The van der Waals surface area contributed by atoms with Crippen LogP contribution in [0.15, 0.2) is 12.1 Å². The van der Waals surface area contributed by atoms with Gasteiger partial charge in [0.05, 0.1) is 24.8 Å². The van der Waals surface area contributed by atoms with E-state index in [0.717, 1.165) is 0 Å². The molecule has 0 spiro atoms. The molecule has 0 unspecified atom stereocenters. The lowest BCUT2D eigenvalue weighted by Crippen LogP contribution is -2.30. The summed E-state index contributed by atoms with van der Waals surface area (Å²) < 4.78 is 0. The quantitative estimate of drug-likeness (QED) is 0.730. The Morgan fingerprint density at radius 1 is 1.31 bits per heavy atom. The summed E-state index contributed by atoms with van der Waals surface area (Å²) in [5.41, 5.74) is 0.399. The largest absolute Gasteiger partial charge is 0.395 e. The molecule has 6 heteroatoms. The van der Waals surface area contributed by atoms with Gasteiger partial charge in [0, 0.05) is 13.1 Å². The van der Waals surface area contributed by atoms with E-state index in [1.54, 1.807) is 11.0 Å². The Hall–Kier alpha value is -1.35. The van der Waals surface area contributed by atoms with Gasteiger partial charge in [0.25, 0.3) is 0 Å². The molecule has 86 valence electrons. The zero-order chi connectivity index (χ0) is 12.0. The number of aliphatic hydroxyl groups excluding tert-OH is 2. The van der Waals surface area contributed by atoms with Crippen molar-refractivity contribution in [2.75, 3.05) is 31.2 Å². The fraction of sp³-hybridized carbons (Fsp3) is 0.400. The Morgan fingerprint density at radius 3 is 2.44 bits per heavy atom. The Balaban J connectivity index is 2.99. The predicted octanol–water partition coefficient (Wildman–Crippen LogP) is 0.398. The molecule has 1 heterocycles. The first kappa shape index (κ1) is 12.7. The Kier molecular flexibility index (Phi) is 4.99. The molecular weight excluding hydrogens is 230 g/mol. The van der Waals surface area contributed by atoms with Gasteiger partial charge in [-0.25, -0.2) is 4.98 Å². The number of hydrogen-bond acceptors (Lipinski definition) is 5. The highest BCUT2D eigenvalue weighted by atomic mass is 35.5. The number of halogens is 1. The molecular formula is C10H12ClN3O2. The third kappa shape index (κ3) is 3.35. The number of rotatable bonds is 5. The molecule has 1 aromatic heterocycles. The van der Waals surface area contributed by atoms with Crippen molar-refractivity contribution in [2.24, 2.45) is 0 Å². The predicted molar refractivity (Wildman–Crippen MR) is 60.3 cm³/mol. The summed E-state index contributed by atoms with van der Waals surface area (Å²) in [4.78, 5) is 5.70. The van der Waals surface area contributed by atoms with Gasteiger partial charge in [0.15, 0.2) is 0 Å². The van der Waals surface area contributed by atoms with E-state index in [4.69, 9.17) is 27.1 Å². The van der Waals surface area contributed by atoms with Crippen LogP contribution >= 0.6 is 11.6 Å². The second kappa shape index (κ2) is 6.28. The summed E-state index contributed by atoms with van der Waals surface area (Å²) in [6, 6.07) is 5.00. The molecule has 16 heavy (non-hydrogen) atoms. The summed E-state index contributed by atoms with van der Waals surface area (Å²) in [5.74, 6) is 0.479. The third-order valence-corrected chi connectivity index (χ3v) is 2.17. The summed E-state index contributed by atoms with van der Waals surface area (Å²) >= 11 is 5.76. The monoisotopic (exact) mass is 241 g/mol. The minimum absolute atomic E-state index is 0.0594. The summed E-state index contributed by atoms with van der Waals surface area (Å²) in [6.07, 6.45) is 0. The van der Waals surface area contributed by atoms with E-state index in [9.17, 15) is 0 Å². The van der Waals surface area contributed by atoms with Gasteiger partial charge in [-0.2, -0.15) is 5.26 Å². The van der Waals surface area contributed by atoms with E-state index < -0.39 is 0 Å². The molecule has 1 rings (SSSR count). The number of aromatic nitrogens is 1. The van der Waals surface area contributed by atoms with Gasteiger partial charge < -0.3 is 15.1 Å². The maximum atomic E-state index is 8.87. The van der Waals surface area contributed by atoms with E-state index in [1.807, 2.05) is 6.07 Å². The molecule has 2 N–H and O–H groups in total. The fourth-order valence-electron chi connectivity index (χ4n) is 1.29. The van der Waals surface area contributed by atoms with E-state index in [2.05, 4.69) is 4.98 Å². The van der Waals surface area contributed by atoms with Crippen LogP contribution < -0.4 is 4.90 Å². The van der Waals surface area contributed by atoms with Crippen molar-refractivity contribution in [3.63, 3.8) is 0 Å². The smallest absolute Gasteiger partial charge is 0.132 e. The zero-order valence-electron chi connectivity index (χ0n) is 8.60. The number of aliphatic hydroxyl groups is 2. The average molecular weight is 242 g/mol. The molecule has 0 aliphatic carbocycles. The van der Waals surface area contributed by atoms with Crippen LogP contribution in [0.1, 0.15) is 5.56 Å². The van der Waals surface area contributed by atoms with Crippen LogP contribution in [0.3, 0.4) is 0 Å². The Bertz CT molecular complexity index is 386. The zero-order valence-corrected chi connectivity index (χ0v) is 9.35. The number of nitrogens with zero attached hydrogens (tertiary/aromatic N) is 3. The first-order valence-corrected chi connectivity index (χ1v) is 5.13. The maximum absolute atomic E-state index is 8.87. The van der Waals surface area contributed by atoms with Crippen molar-refractivity contribution in [1.29, 1.82) is 5.26 Å². The minimum Gasteiger partial charge on any atom is -0.395 e. The highest BCUT2D eigenvalue weighted by molar-refractivity contribution is 6.29. The maximum Gasteiger partial charge on any atom is 0.132 e. The third-order valence-electron chi connectivity index (χ3n) is 1.97. The molecule has 0 saturated heterocycles. The van der Waals surface area contributed by atoms with E-state index in [-0.39, 0.29) is 18.4 Å². The number of nitriles is 1. The molecule has 0 aromatic carbocycles. The highest BCUT2D eigenvalue weighted by Crippen LogP contribution is 2.17. The lowest BCUT2D eigenvalue weighted by Gasteiger charge is -2.21. The number of anilines is 1. The van der Waals surface area contributed by atoms with Crippen LogP contribution in [0, 0.1) is 11.3 Å². The minimum atomic E-state index is -0.0594. The molecule has 0 bridgehead atoms. The second-order valence-electron chi connectivity index (χ2n) is 3.08. The summed E-state index contributed by atoms with van der Waals surface area (Å²) in [7, 11) is 0. The molecule has 5 nitrogen and oxygen atoms in total. The molecule has 0 aliphatic heterocycles. The molecule has 0 amide bonds. The lowest BCUT2D eigenvalue weighted by molar-refractivity contribution is 0.280. The van der Waals surface area contributed by atoms with Gasteiger partial charge in [-0.15, -0.1) is 0 Å². The SMILES string of the molecule is N#Cc1cc(Cl)nc(N(CCO)CCO)c1. The van der Waals surface area contributed by atoms with Gasteiger partial charge >= 0.3 is 0 Å². The van der Waals surface area contributed by atoms with Crippen molar-refractivity contribution in [2.45, 2.75) is 0 Å². The van der Waals surface area contributed by atoms with Crippen molar-refractivity contribution in [3.05, 3.63) is 22.8 Å². The molecule has 0 aliphatic rings. The van der Waals surface area contributed by atoms with Crippen LogP contribution in [0.25, 0.3) is 0 Å². The summed E-state index contributed by atoms with van der Waals surface area (Å²) in [6.45, 7) is 0.545. The van der Waals surface area contributed by atoms with Gasteiger partial charge in [-0.05, 0) is 12.1 Å². The van der Waals surface area contributed by atoms with Crippen LogP contribution in [-0.4, -0.2) is 41.5 Å². The first-order chi connectivity index (χ1) is 7.71. The number of hydrogen-bond donors (Lipinski definition) is 2. The summed E-state index contributed by atoms with van der Waals surface area (Å²) in [5, 5.41) is 26.7. The van der Waals surface area contributed by atoms with E-state index in [1.165, 1.54) is 6.07 Å². The molecule has 0 atom stereocenters. The fourth-order valence-corrected chi connectivity index (χ4v) is 1.50. The van der Waals surface area contributed by atoms with E-state index in [0.29, 0.717) is 24.5 Å². The van der Waals surface area contributed by atoms with Crippen molar-refractivity contribution in [3.8, 4) is 6.07 Å². The number of pyridine rings is 1. The first-order valence-electron chi connectivity index (χ1n) is 4.75. The van der Waals surface area contributed by atoms with Crippen LogP contribution in [0.4, 0.5) is 5.82 Å². The van der Waals surface area contributed by atoms with Crippen LogP contribution in [0.2, 0.25) is 5.15 Å². The Morgan fingerprint density at radius 2 is 1.94 bits per heavy atom. The van der Waals surface area contributed by atoms with Gasteiger partial charge in [0.1, 0.15) is 11.0 Å². The highest BCUT2D eigenvalue weighted by Gasteiger charge is 2.09. The molecule has 0 radical (unpaired) electrons. The Labute approximate surface area is 98.5 Å². The lowest BCUT2D eigenvalue weighted by atomic mass is 10.3. The van der Waals surface area contributed by atoms with Gasteiger partial charge in [-0.3, -0.25) is 0 Å². The van der Waals surface area contributed by atoms with Crippen LogP contribution in [0.5, 0.6) is 0 Å². The van der Waals surface area contributed by atoms with E-state index >= 15 is 0 Å².